The highest BCUT2D eigenvalue weighted by Crippen LogP contribution is 2.43. The predicted molar refractivity (Wildman–Crippen MR) is 89.5 cm³/mol. The largest absolute Gasteiger partial charge is 0.507 e. The fourth-order valence-corrected chi connectivity index (χ4v) is 2.58. The van der Waals surface area contributed by atoms with Crippen molar-refractivity contribution in [3.05, 3.63) is 60.2 Å². The zero-order valence-electron chi connectivity index (χ0n) is 13.1. The number of fused-ring (bicyclic) bond motifs is 1. The van der Waals surface area contributed by atoms with Crippen LogP contribution in [0.1, 0.15) is 5.56 Å². The highest BCUT2D eigenvalue weighted by atomic mass is 16.5. The summed E-state index contributed by atoms with van der Waals surface area (Å²) < 4.78 is 16.7. The summed E-state index contributed by atoms with van der Waals surface area (Å²) in [6.45, 7) is 0.424. The lowest BCUT2D eigenvalue weighted by Crippen LogP contribution is -1.98. The number of ether oxygens (including phenoxy) is 3. The fraction of sp³-hybridized carbons (Fsp3) is 0.158. The minimum atomic E-state index is 0.128. The second-order valence-electron chi connectivity index (χ2n) is 5.08. The van der Waals surface area contributed by atoms with E-state index in [1.165, 1.54) is 0 Å². The van der Waals surface area contributed by atoms with Crippen LogP contribution in [0.15, 0.2) is 54.6 Å². The summed E-state index contributed by atoms with van der Waals surface area (Å²) in [5.74, 6) is 1.87. The first-order valence-corrected chi connectivity index (χ1v) is 7.28. The van der Waals surface area contributed by atoms with Gasteiger partial charge in [0.05, 0.1) is 19.6 Å². The number of hydrogen-bond donors (Lipinski definition) is 1. The van der Waals surface area contributed by atoms with Gasteiger partial charge in [0.2, 0.25) is 0 Å². The zero-order valence-corrected chi connectivity index (χ0v) is 13.1. The molecule has 1 N–H and O–H groups in total. The average Bonchev–Trinajstić information content (AvgIpc) is 2.60. The van der Waals surface area contributed by atoms with Gasteiger partial charge in [-0.15, -0.1) is 0 Å². The number of methoxy groups -OCH3 is 2. The molecule has 0 radical (unpaired) electrons. The van der Waals surface area contributed by atoms with E-state index in [1.54, 1.807) is 26.4 Å². The number of aromatic hydroxyl groups is 1. The molecular weight excluding hydrogens is 292 g/mol. The summed E-state index contributed by atoms with van der Waals surface area (Å²) in [5.41, 5.74) is 1.06. The van der Waals surface area contributed by atoms with Crippen molar-refractivity contribution in [3.63, 3.8) is 0 Å². The second-order valence-corrected chi connectivity index (χ2v) is 5.08. The molecule has 3 rings (SSSR count). The number of phenolic OH excluding ortho intramolecular Hbond substituents is 1. The molecule has 23 heavy (non-hydrogen) atoms. The molecule has 4 heteroatoms. The molecule has 0 saturated carbocycles. The Morgan fingerprint density at radius 3 is 2.26 bits per heavy atom. The molecular formula is C19H18O4. The van der Waals surface area contributed by atoms with E-state index in [0.717, 1.165) is 10.9 Å². The van der Waals surface area contributed by atoms with Gasteiger partial charge in [-0.2, -0.15) is 0 Å². The van der Waals surface area contributed by atoms with Crippen LogP contribution in [0.2, 0.25) is 0 Å². The Hall–Kier alpha value is -2.88. The molecule has 0 aliphatic heterocycles. The first-order valence-electron chi connectivity index (χ1n) is 7.28. The maximum Gasteiger partial charge on any atom is 0.172 e. The summed E-state index contributed by atoms with van der Waals surface area (Å²) in [4.78, 5) is 0. The highest BCUT2D eigenvalue weighted by Gasteiger charge is 2.16. The summed E-state index contributed by atoms with van der Waals surface area (Å²) in [6, 6.07) is 16.9. The molecule has 3 aromatic carbocycles. The maximum atomic E-state index is 10.2. The second kappa shape index (κ2) is 6.48. The normalized spacial score (nSPS) is 10.5. The van der Waals surface area contributed by atoms with Crippen LogP contribution in [0.3, 0.4) is 0 Å². The van der Waals surface area contributed by atoms with Crippen LogP contribution in [0.5, 0.6) is 23.0 Å². The summed E-state index contributed by atoms with van der Waals surface area (Å²) in [6.07, 6.45) is 0. The van der Waals surface area contributed by atoms with Gasteiger partial charge in [0.25, 0.3) is 0 Å². The predicted octanol–water partition coefficient (Wildman–Crippen LogP) is 4.14. The van der Waals surface area contributed by atoms with Gasteiger partial charge in [-0.25, -0.2) is 0 Å². The monoisotopic (exact) mass is 310 g/mol. The van der Waals surface area contributed by atoms with Crippen LogP contribution < -0.4 is 14.2 Å². The van der Waals surface area contributed by atoms with Gasteiger partial charge in [0.15, 0.2) is 11.5 Å². The standard InChI is InChI=1S/C19H18O4/c1-21-16-11-9-15(20)18-14(16)8-10-17(19(18)22-2)23-12-13-6-4-3-5-7-13/h3-11,20H,12H2,1-2H3. The van der Waals surface area contributed by atoms with E-state index < -0.39 is 0 Å². The molecule has 0 amide bonds. The molecule has 0 aromatic heterocycles. The van der Waals surface area contributed by atoms with Crippen LogP contribution in [0.25, 0.3) is 10.8 Å². The lowest BCUT2D eigenvalue weighted by atomic mass is 10.1. The lowest BCUT2D eigenvalue weighted by molar-refractivity contribution is 0.286. The molecule has 4 nitrogen and oxygen atoms in total. The van der Waals surface area contributed by atoms with E-state index in [4.69, 9.17) is 14.2 Å². The first-order chi connectivity index (χ1) is 11.2. The van der Waals surface area contributed by atoms with Crippen LogP contribution in [0, 0.1) is 0 Å². The Kier molecular flexibility index (Phi) is 4.24. The smallest absolute Gasteiger partial charge is 0.172 e. The van der Waals surface area contributed by atoms with Gasteiger partial charge in [-0.05, 0) is 29.8 Å². The Labute approximate surface area is 134 Å². The van der Waals surface area contributed by atoms with E-state index >= 15 is 0 Å². The van der Waals surface area contributed by atoms with Crippen LogP contribution in [-0.4, -0.2) is 19.3 Å². The Balaban J connectivity index is 2.03. The Bertz CT molecular complexity index is 812. The van der Waals surface area contributed by atoms with Crippen molar-refractivity contribution in [1.29, 1.82) is 0 Å². The lowest BCUT2D eigenvalue weighted by Gasteiger charge is -2.15. The first kappa shape index (κ1) is 15.0. The molecule has 118 valence electrons. The van der Waals surface area contributed by atoms with Crippen molar-refractivity contribution < 1.29 is 19.3 Å². The van der Waals surface area contributed by atoms with Crippen molar-refractivity contribution in [1.82, 2.24) is 0 Å². The van der Waals surface area contributed by atoms with Gasteiger partial charge in [-0.3, -0.25) is 0 Å². The summed E-state index contributed by atoms with van der Waals surface area (Å²) >= 11 is 0. The third-order valence-electron chi connectivity index (χ3n) is 3.70. The van der Waals surface area contributed by atoms with Gasteiger partial charge in [0.1, 0.15) is 18.1 Å². The molecule has 0 heterocycles. The molecule has 3 aromatic rings. The molecule has 0 spiro atoms. The molecule has 0 aliphatic carbocycles. The molecule has 0 aliphatic rings. The van der Waals surface area contributed by atoms with E-state index in [-0.39, 0.29) is 5.75 Å². The minimum Gasteiger partial charge on any atom is -0.507 e. The number of rotatable bonds is 5. The summed E-state index contributed by atoms with van der Waals surface area (Å²) in [5, 5.41) is 11.6. The van der Waals surface area contributed by atoms with E-state index in [0.29, 0.717) is 29.2 Å². The Morgan fingerprint density at radius 1 is 0.826 bits per heavy atom. The molecule has 0 unspecified atom stereocenters. The maximum absolute atomic E-state index is 10.2. The van der Waals surface area contributed by atoms with Crippen LogP contribution in [0.4, 0.5) is 0 Å². The van der Waals surface area contributed by atoms with Crippen molar-refractivity contribution >= 4 is 10.8 Å². The fourth-order valence-electron chi connectivity index (χ4n) is 2.58. The average molecular weight is 310 g/mol. The van der Waals surface area contributed by atoms with E-state index in [1.807, 2.05) is 42.5 Å². The topological polar surface area (TPSA) is 47.9 Å². The van der Waals surface area contributed by atoms with E-state index in [2.05, 4.69) is 0 Å². The zero-order chi connectivity index (χ0) is 16.2. The number of phenols is 1. The number of hydrogen-bond acceptors (Lipinski definition) is 4. The molecule has 0 atom stereocenters. The van der Waals surface area contributed by atoms with E-state index in [9.17, 15) is 5.11 Å². The van der Waals surface area contributed by atoms with Gasteiger partial charge in [0, 0.05) is 5.39 Å². The number of benzene rings is 3. The summed E-state index contributed by atoms with van der Waals surface area (Å²) in [7, 11) is 3.15. The van der Waals surface area contributed by atoms with Crippen molar-refractivity contribution in [3.8, 4) is 23.0 Å². The van der Waals surface area contributed by atoms with Crippen molar-refractivity contribution in [2.45, 2.75) is 6.61 Å². The van der Waals surface area contributed by atoms with Gasteiger partial charge >= 0.3 is 0 Å². The Morgan fingerprint density at radius 2 is 1.57 bits per heavy atom. The van der Waals surface area contributed by atoms with Crippen molar-refractivity contribution in [2.24, 2.45) is 0 Å². The van der Waals surface area contributed by atoms with Crippen LogP contribution in [-0.2, 0) is 6.61 Å². The third kappa shape index (κ3) is 2.88. The van der Waals surface area contributed by atoms with Gasteiger partial charge < -0.3 is 19.3 Å². The quantitative estimate of drug-likeness (QED) is 0.769. The van der Waals surface area contributed by atoms with Crippen LogP contribution >= 0.6 is 0 Å². The van der Waals surface area contributed by atoms with Gasteiger partial charge in [-0.1, -0.05) is 30.3 Å². The molecule has 0 bridgehead atoms. The molecule has 0 fully saturated rings. The highest BCUT2D eigenvalue weighted by molar-refractivity contribution is 5.99. The minimum absolute atomic E-state index is 0.128. The van der Waals surface area contributed by atoms with Crippen molar-refractivity contribution in [2.75, 3.05) is 14.2 Å². The third-order valence-corrected chi connectivity index (χ3v) is 3.70. The molecule has 0 saturated heterocycles. The SMILES string of the molecule is COc1ccc(O)c2c(OC)c(OCc3ccccc3)ccc12.